The second kappa shape index (κ2) is 3.56. The molecule has 0 radical (unpaired) electrons. The standard InChI is InChI=1S/C11H16N2O2/c1-10(2)14-7-11(12,8-15-10)9-4-3-5-13-6-9/h3-6H,7-8,12H2,1-2H3. The SMILES string of the molecule is CC1(C)OCC(N)(c2cccnc2)CO1. The number of rotatable bonds is 1. The van der Waals surface area contributed by atoms with E-state index in [2.05, 4.69) is 4.98 Å². The minimum Gasteiger partial charge on any atom is -0.348 e. The summed E-state index contributed by atoms with van der Waals surface area (Å²) in [6.45, 7) is 4.67. The Bertz CT molecular complexity index is 328. The third-order valence-electron chi connectivity index (χ3n) is 2.59. The van der Waals surface area contributed by atoms with Crippen LogP contribution >= 0.6 is 0 Å². The lowest BCUT2D eigenvalue weighted by atomic mass is 9.93. The number of nitrogens with two attached hydrogens (primary N) is 1. The predicted octanol–water partition coefficient (Wildman–Crippen LogP) is 1.02. The van der Waals surface area contributed by atoms with Crippen LogP contribution in [-0.2, 0) is 15.0 Å². The fraction of sp³-hybridized carbons (Fsp3) is 0.545. The van der Waals surface area contributed by atoms with Crippen LogP contribution in [0.15, 0.2) is 24.5 Å². The van der Waals surface area contributed by atoms with E-state index in [-0.39, 0.29) is 0 Å². The van der Waals surface area contributed by atoms with E-state index in [0.29, 0.717) is 13.2 Å². The predicted molar refractivity (Wildman–Crippen MR) is 56.1 cm³/mol. The number of ether oxygens (including phenoxy) is 2. The number of pyridine rings is 1. The molecule has 1 fully saturated rings. The molecule has 0 unspecified atom stereocenters. The van der Waals surface area contributed by atoms with Crippen molar-refractivity contribution in [3.8, 4) is 0 Å². The summed E-state index contributed by atoms with van der Waals surface area (Å²) in [6.07, 6.45) is 3.48. The molecule has 2 N–H and O–H groups in total. The van der Waals surface area contributed by atoms with Crippen LogP contribution in [0.1, 0.15) is 19.4 Å². The molecule has 1 aromatic heterocycles. The topological polar surface area (TPSA) is 57.4 Å². The molecule has 4 nitrogen and oxygen atoms in total. The molecule has 1 aliphatic rings. The summed E-state index contributed by atoms with van der Waals surface area (Å²) in [5, 5.41) is 0. The zero-order chi connectivity index (χ0) is 10.9. The van der Waals surface area contributed by atoms with Crippen molar-refractivity contribution in [1.29, 1.82) is 0 Å². The van der Waals surface area contributed by atoms with Crippen molar-refractivity contribution in [2.24, 2.45) is 5.73 Å². The highest BCUT2D eigenvalue weighted by Crippen LogP contribution is 2.28. The van der Waals surface area contributed by atoms with Crippen molar-refractivity contribution >= 4 is 0 Å². The number of nitrogens with zero attached hydrogens (tertiary/aromatic N) is 1. The zero-order valence-electron chi connectivity index (χ0n) is 9.06. The minimum atomic E-state index is -0.580. The lowest BCUT2D eigenvalue weighted by Crippen LogP contribution is -2.54. The largest absolute Gasteiger partial charge is 0.348 e. The summed E-state index contributed by atoms with van der Waals surface area (Å²) in [7, 11) is 0. The van der Waals surface area contributed by atoms with Gasteiger partial charge in [-0.05, 0) is 25.5 Å². The molecule has 1 aliphatic heterocycles. The van der Waals surface area contributed by atoms with Crippen LogP contribution in [0.25, 0.3) is 0 Å². The molecular weight excluding hydrogens is 192 g/mol. The van der Waals surface area contributed by atoms with Gasteiger partial charge in [-0.3, -0.25) is 4.98 Å². The van der Waals surface area contributed by atoms with Gasteiger partial charge in [0.15, 0.2) is 5.79 Å². The van der Waals surface area contributed by atoms with Crippen molar-refractivity contribution in [3.63, 3.8) is 0 Å². The average Bonchev–Trinajstić information content (AvgIpc) is 2.24. The van der Waals surface area contributed by atoms with E-state index in [1.165, 1.54) is 0 Å². The van der Waals surface area contributed by atoms with Crippen molar-refractivity contribution in [2.75, 3.05) is 13.2 Å². The third-order valence-corrected chi connectivity index (χ3v) is 2.59. The number of hydrogen-bond acceptors (Lipinski definition) is 4. The van der Waals surface area contributed by atoms with E-state index in [1.54, 1.807) is 12.4 Å². The highest BCUT2D eigenvalue weighted by atomic mass is 16.7. The Morgan fingerprint density at radius 3 is 2.53 bits per heavy atom. The van der Waals surface area contributed by atoms with Gasteiger partial charge in [-0.1, -0.05) is 6.07 Å². The molecule has 0 saturated carbocycles. The fourth-order valence-corrected chi connectivity index (χ4v) is 1.51. The van der Waals surface area contributed by atoms with Crippen LogP contribution < -0.4 is 5.73 Å². The summed E-state index contributed by atoms with van der Waals surface area (Å²) >= 11 is 0. The van der Waals surface area contributed by atoms with Gasteiger partial charge in [0.2, 0.25) is 0 Å². The first-order chi connectivity index (χ1) is 7.02. The van der Waals surface area contributed by atoms with Gasteiger partial charge in [0, 0.05) is 12.4 Å². The minimum absolute atomic E-state index is 0.450. The first-order valence-corrected chi connectivity index (χ1v) is 4.99. The summed E-state index contributed by atoms with van der Waals surface area (Å²) in [6, 6.07) is 3.81. The average molecular weight is 208 g/mol. The van der Waals surface area contributed by atoms with Gasteiger partial charge in [-0.2, -0.15) is 0 Å². The lowest BCUT2D eigenvalue weighted by molar-refractivity contribution is -0.268. The van der Waals surface area contributed by atoms with Crippen LogP contribution in [0.2, 0.25) is 0 Å². The lowest BCUT2D eigenvalue weighted by Gasteiger charge is -2.41. The Kier molecular flexibility index (Phi) is 2.50. The quantitative estimate of drug-likeness (QED) is 0.748. The molecule has 15 heavy (non-hydrogen) atoms. The van der Waals surface area contributed by atoms with Crippen LogP contribution in [0.3, 0.4) is 0 Å². The molecular formula is C11H16N2O2. The molecule has 0 atom stereocenters. The maximum absolute atomic E-state index is 6.21. The van der Waals surface area contributed by atoms with Crippen LogP contribution in [-0.4, -0.2) is 24.0 Å². The van der Waals surface area contributed by atoms with E-state index < -0.39 is 11.3 Å². The van der Waals surface area contributed by atoms with Crippen LogP contribution in [0.5, 0.6) is 0 Å². The van der Waals surface area contributed by atoms with Crippen molar-refractivity contribution in [3.05, 3.63) is 30.1 Å². The van der Waals surface area contributed by atoms with Crippen molar-refractivity contribution < 1.29 is 9.47 Å². The van der Waals surface area contributed by atoms with E-state index >= 15 is 0 Å². The van der Waals surface area contributed by atoms with Crippen LogP contribution in [0, 0.1) is 0 Å². The normalized spacial score (nSPS) is 23.7. The smallest absolute Gasteiger partial charge is 0.162 e. The van der Waals surface area contributed by atoms with Gasteiger partial charge in [-0.15, -0.1) is 0 Å². The highest BCUT2D eigenvalue weighted by Gasteiger charge is 2.38. The van der Waals surface area contributed by atoms with E-state index in [9.17, 15) is 0 Å². The first kappa shape index (κ1) is 10.5. The maximum Gasteiger partial charge on any atom is 0.162 e. The Morgan fingerprint density at radius 1 is 1.33 bits per heavy atom. The molecule has 0 aliphatic carbocycles. The Labute approximate surface area is 89.4 Å². The summed E-state index contributed by atoms with van der Waals surface area (Å²) in [5.74, 6) is -0.537. The summed E-state index contributed by atoms with van der Waals surface area (Å²) < 4.78 is 11.1. The molecule has 0 aromatic carbocycles. The maximum atomic E-state index is 6.21. The molecule has 0 amide bonds. The second-order valence-corrected chi connectivity index (χ2v) is 4.38. The van der Waals surface area contributed by atoms with E-state index in [0.717, 1.165) is 5.56 Å². The number of aromatic nitrogens is 1. The number of hydrogen-bond donors (Lipinski definition) is 1. The summed E-state index contributed by atoms with van der Waals surface area (Å²) in [5.41, 5.74) is 6.58. The molecule has 0 spiro atoms. The molecule has 1 saturated heterocycles. The Hall–Kier alpha value is -0.970. The Morgan fingerprint density at radius 2 is 2.00 bits per heavy atom. The first-order valence-electron chi connectivity index (χ1n) is 4.99. The van der Waals surface area contributed by atoms with Gasteiger partial charge in [-0.25, -0.2) is 0 Å². The molecule has 4 heteroatoms. The van der Waals surface area contributed by atoms with E-state index in [1.807, 2.05) is 26.0 Å². The van der Waals surface area contributed by atoms with Crippen molar-refractivity contribution in [2.45, 2.75) is 25.2 Å². The van der Waals surface area contributed by atoms with Gasteiger partial charge in [0.25, 0.3) is 0 Å². The molecule has 82 valence electrons. The van der Waals surface area contributed by atoms with Crippen LogP contribution in [0.4, 0.5) is 0 Å². The van der Waals surface area contributed by atoms with Crippen molar-refractivity contribution in [1.82, 2.24) is 4.98 Å². The van der Waals surface area contributed by atoms with Gasteiger partial charge < -0.3 is 15.2 Å². The molecule has 1 aromatic rings. The fourth-order valence-electron chi connectivity index (χ4n) is 1.51. The summed E-state index contributed by atoms with van der Waals surface area (Å²) in [4.78, 5) is 4.05. The monoisotopic (exact) mass is 208 g/mol. The van der Waals surface area contributed by atoms with Gasteiger partial charge in [0.1, 0.15) is 0 Å². The third kappa shape index (κ3) is 2.17. The zero-order valence-corrected chi connectivity index (χ0v) is 9.06. The highest BCUT2D eigenvalue weighted by molar-refractivity contribution is 5.21. The van der Waals surface area contributed by atoms with Gasteiger partial charge >= 0.3 is 0 Å². The van der Waals surface area contributed by atoms with Gasteiger partial charge in [0.05, 0.1) is 18.8 Å². The molecule has 0 bridgehead atoms. The molecule has 2 heterocycles. The van der Waals surface area contributed by atoms with E-state index in [4.69, 9.17) is 15.2 Å². The second-order valence-electron chi connectivity index (χ2n) is 4.38. The Balaban J connectivity index is 2.17. The molecule has 2 rings (SSSR count).